The lowest BCUT2D eigenvalue weighted by Crippen LogP contribution is -2.33. The minimum Gasteiger partial charge on any atom is -0.507 e. The number of hydrogen-bond donors (Lipinski definition) is 2. The van der Waals surface area contributed by atoms with E-state index in [0.29, 0.717) is 23.1 Å². The Morgan fingerprint density at radius 1 is 1.15 bits per heavy atom. The van der Waals surface area contributed by atoms with E-state index in [9.17, 15) is 9.90 Å². The number of ketones is 1. The molecule has 0 radical (unpaired) electrons. The second kappa shape index (κ2) is 10.9. The van der Waals surface area contributed by atoms with E-state index >= 15 is 0 Å². The highest BCUT2D eigenvalue weighted by molar-refractivity contribution is 8.93. The van der Waals surface area contributed by atoms with Gasteiger partial charge in [0.1, 0.15) is 11.6 Å². The molecule has 1 fully saturated rings. The molecule has 6 heteroatoms. The number of carbonyl (C=O) groups excluding carboxylic acids is 1. The molecule has 1 aromatic carbocycles. The van der Waals surface area contributed by atoms with Gasteiger partial charge in [-0.05, 0) is 53.2 Å². The molecule has 0 aliphatic carbocycles. The number of Topliss-reactive ketones (excluding diaryl/α,β-unsaturated/α-hetero) is 1. The van der Waals surface area contributed by atoms with E-state index in [1.54, 1.807) is 11.3 Å². The molecule has 1 aliphatic heterocycles. The highest BCUT2D eigenvalue weighted by atomic mass is 79.9. The number of benzene rings is 1. The van der Waals surface area contributed by atoms with Gasteiger partial charge in [-0.2, -0.15) is 0 Å². The Bertz CT molecular complexity index is 967. The standard InChI is InChI=1S/C28H40N2O2S.BrH/c1-8-10-18-16-30(26(29)21(18)15-20-11-9-12-33-20)17-24(31)19-13-22(27(2,3)4)25(32)23(14-19)28(5,6)7;/h9,11-14,18,21,29,32H,8,10,15-17H2,1-7H3;1H. The van der Waals surface area contributed by atoms with Crippen molar-refractivity contribution in [1.29, 1.82) is 5.41 Å². The second-order valence-corrected chi connectivity index (χ2v) is 12.6. The van der Waals surface area contributed by atoms with Crippen LogP contribution in [0.2, 0.25) is 0 Å². The first-order chi connectivity index (χ1) is 15.3. The normalized spacial score (nSPS) is 18.8. The summed E-state index contributed by atoms with van der Waals surface area (Å²) >= 11 is 1.75. The van der Waals surface area contributed by atoms with Gasteiger partial charge in [0, 0.05) is 34.0 Å². The van der Waals surface area contributed by atoms with E-state index in [0.717, 1.165) is 36.9 Å². The Labute approximate surface area is 220 Å². The number of nitrogens with one attached hydrogen (secondary N) is 1. The molecule has 2 atom stereocenters. The maximum atomic E-state index is 13.5. The smallest absolute Gasteiger partial charge is 0.182 e. The average molecular weight is 550 g/mol. The van der Waals surface area contributed by atoms with Gasteiger partial charge in [0.25, 0.3) is 0 Å². The van der Waals surface area contributed by atoms with Crippen molar-refractivity contribution in [2.24, 2.45) is 11.8 Å². The van der Waals surface area contributed by atoms with Gasteiger partial charge >= 0.3 is 0 Å². The van der Waals surface area contributed by atoms with E-state index < -0.39 is 0 Å². The molecule has 2 N–H and O–H groups in total. The zero-order chi connectivity index (χ0) is 24.6. The number of likely N-dealkylation sites (tertiary alicyclic amines) is 1. The maximum absolute atomic E-state index is 13.5. The number of hydrogen-bond acceptors (Lipinski definition) is 4. The van der Waals surface area contributed by atoms with Crippen molar-refractivity contribution in [1.82, 2.24) is 4.90 Å². The number of amidine groups is 1. The number of rotatable bonds is 7. The lowest BCUT2D eigenvalue weighted by molar-refractivity contribution is 0.0963. The molecule has 0 spiro atoms. The van der Waals surface area contributed by atoms with Gasteiger partial charge in [0.2, 0.25) is 0 Å². The average Bonchev–Trinajstić information content (AvgIpc) is 3.31. The van der Waals surface area contributed by atoms with Gasteiger partial charge in [0.05, 0.1) is 6.54 Å². The summed E-state index contributed by atoms with van der Waals surface area (Å²) in [4.78, 5) is 16.8. The van der Waals surface area contributed by atoms with Crippen molar-refractivity contribution in [2.75, 3.05) is 13.1 Å². The third kappa shape index (κ3) is 6.31. The highest BCUT2D eigenvalue weighted by Crippen LogP contribution is 2.40. The molecule has 34 heavy (non-hydrogen) atoms. The third-order valence-corrected chi connectivity index (χ3v) is 7.66. The van der Waals surface area contributed by atoms with Crippen molar-refractivity contribution >= 4 is 39.9 Å². The van der Waals surface area contributed by atoms with Gasteiger partial charge < -0.3 is 10.0 Å². The third-order valence-electron chi connectivity index (χ3n) is 6.76. The quantitative estimate of drug-likeness (QED) is 0.354. The molecule has 2 aromatic rings. The molecule has 0 amide bonds. The molecule has 2 unspecified atom stereocenters. The van der Waals surface area contributed by atoms with Crippen molar-refractivity contribution in [3.8, 4) is 5.75 Å². The first-order valence-corrected chi connectivity index (χ1v) is 13.0. The van der Waals surface area contributed by atoms with Crippen LogP contribution in [0.25, 0.3) is 0 Å². The summed E-state index contributed by atoms with van der Waals surface area (Å²) in [6.45, 7) is 15.5. The first-order valence-electron chi connectivity index (χ1n) is 12.1. The monoisotopic (exact) mass is 548 g/mol. The number of nitrogens with zero attached hydrogens (tertiary/aromatic N) is 1. The van der Waals surface area contributed by atoms with Crippen LogP contribution in [0.4, 0.5) is 0 Å². The van der Waals surface area contributed by atoms with E-state index in [1.807, 2.05) is 17.0 Å². The Balaban J connectivity index is 0.00000408. The Kier molecular flexibility index (Phi) is 9.20. The van der Waals surface area contributed by atoms with E-state index in [1.165, 1.54) is 4.88 Å². The maximum Gasteiger partial charge on any atom is 0.182 e. The minimum atomic E-state index is -0.279. The van der Waals surface area contributed by atoms with Crippen LogP contribution in [0.3, 0.4) is 0 Å². The van der Waals surface area contributed by atoms with Crippen LogP contribution in [0.1, 0.15) is 87.7 Å². The molecule has 1 aliphatic rings. The van der Waals surface area contributed by atoms with Crippen LogP contribution in [-0.4, -0.2) is 34.7 Å². The van der Waals surface area contributed by atoms with Gasteiger partial charge in [-0.25, -0.2) is 0 Å². The van der Waals surface area contributed by atoms with Crippen molar-refractivity contribution in [2.45, 2.75) is 78.6 Å². The molecule has 188 valence electrons. The fourth-order valence-electron chi connectivity index (χ4n) is 4.89. The minimum absolute atomic E-state index is 0. The Morgan fingerprint density at radius 2 is 1.74 bits per heavy atom. The van der Waals surface area contributed by atoms with Gasteiger partial charge in [-0.1, -0.05) is 61.0 Å². The van der Waals surface area contributed by atoms with Gasteiger partial charge in [-0.15, -0.1) is 28.3 Å². The summed E-state index contributed by atoms with van der Waals surface area (Å²) in [5.41, 5.74) is 1.67. The molecule has 2 heterocycles. The van der Waals surface area contributed by atoms with Crippen LogP contribution in [-0.2, 0) is 17.3 Å². The summed E-state index contributed by atoms with van der Waals surface area (Å²) in [7, 11) is 0. The summed E-state index contributed by atoms with van der Waals surface area (Å²) < 4.78 is 0. The Hall–Kier alpha value is -1.66. The number of halogens is 1. The van der Waals surface area contributed by atoms with Crippen LogP contribution in [0, 0.1) is 17.2 Å². The van der Waals surface area contributed by atoms with Crippen LogP contribution in [0.15, 0.2) is 29.6 Å². The molecule has 4 nitrogen and oxygen atoms in total. The largest absolute Gasteiger partial charge is 0.507 e. The molecular weight excluding hydrogens is 508 g/mol. The second-order valence-electron chi connectivity index (χ2n) is 11.5. The molecule has 0 bridgehead atoms. The van der Waals surface area contributed by atoms with E-state index in [4.69, 9.17) is 5.41 Å². The fraction of sp³-hybridized carbons (Fsp3) is 0.571. The molecular formula is C28H41BrN2O2S. The highest BCUT2D eigenvalue weighted by Gasteiger charge is 2.38. The molecule has 1 aromatic heterocycles. The van der Waals surface area contributed by atoms with Crippen molar-refractivity contribution in [3.63, 3.8) is 0 Å². The predicted octanol–water partition coefficient (Wildman–Crippen LogP) is 7.38. The van der Waals surface area contributed by atoms with Crippen LogP contribution < -0.4 is 0 Å². The Morgan fingerprint density at radius 3 is 2.21 bits per heavy atom. The summed E-state index contributed by atoms with van der Waals surface area (Å²) in [5, 5.41) is 22.0. The molecule has 3 rings (SSSR count). The van der Waals surface area contributed by atoms with Crippen molar-refractivity contribution in [3.05, 3.63) is 51.2 Å². The lowest BCUT2D eigenvalue weighted by Gasteiger charge is -2.28. The van der Waals surface area contributed by atoms with Gasteiger partial charge in [-0.3, -0.25) is 10.2 Å². The number of thiophene rings is 1. The number of aromatic hydroxyl groups is 1. The van der Waals surface area contributed by atoms with E-state index in [-0.39, 0.29) is 46.1 Å². The SMILES string of the molecule is Br.CCCC1CN(CC(=O)c2cc(C(C)(C)C)c(O)c(C(C)(C)C)c2)C(=N)C1Cc1cccs1. The predicted molar refractivity (Wildman–Crippen MR) is 149 cm³/mol. The zero-order valence-corrected chi connectivity index (χ0v) is 24.2. The summed E-state index contributed by atoms with van der Waals surface area (Å²) in [6.07, 6.45) is 3.04. The fourth-order valence-corrected chi connectivity index (χ4v) is 5.66. The number of phenolic OH excluding ortho intramolecular Hbond substituents is 1. The van der Waals surface area contributed by atoms with Crippen LogP contribution in [0.5, 0.6) is 5.75 Å². The summed E-state index contributed by atoms with van der Waals surface area (Å²) in [5.74, 6) is 1.49. The molecule has 0 saturated carbocycles. The zero-order valence-electron chi connectivity index (χ0n) is 21.7. The van der Waals surface area contributed by atoms with Gasteiger partial charge in [0.15, 0.2) is 5.78 Å². The summed E-state index contributed by atoms with van der Waals surface area (Å²) in [6, 6.07) is 7.94. The number of carbonyl (C=O) groups is 1. The van der Waals surface area contributed by atoms with Crippen LogP contribution >= 0.6 is 28.3 Å². The van der Waals surface area contributed by atoms with E-state index in [2.05, 4.69) is 66.0 Å². The van der Waals surface area contributed by atoms with Crippen molar-refractivity contribution < 1.29 is 9.90 Å². The molecule has 1 saturated heterocycles. The number of phenols is 1. The topological polar surface area (TPSA) is 64.4 Å². The lowest BCUT2D eigenvalue weighted by atomic mass is 9.78. The first kappa shape index (κ1) is 28.6.